The molecule has 0 saturated carbocycles. The van der Waals surface area contributed by atoms with E-state index < -0.39 is 11.4 Å². The van der Waals surface area contributed by atoms with Gasteiger partial charge >= 0.3 is 12.0 Å². The Morgan fingerprint density at radius 2 is 1.84 bits per heavy atom. The van der Waals surface area contributed by atoms with Crippen LogP contribution in [0.4, 0.5) is 11.7 Å². The van der Waals surface area contributed by atoms with Crippen molar-refractivity contribution in [2.45, 2.75) is 20.3 Å². The van der Waals surface area contributed by atoms with Crippen LogP contribution in [0.2, 0.25) is 0 Å². The van der Waals surface area contributed by atoms with E-state index in [0.29, 0.717) is 28.5 Å². The molecule has 8 nitrogen and oxygen atoms in total. The summed E-state index contributed by atoms with van der Waals surface area (Å²) in [5.41, 5.74) is 2.76. The van der Waals surface area contributed by atoms with Gasteiger partial charge in [-0.15, -0.1) is 0 Å². The number of carboxylic acids is 1. The fourth-order valence-corrected chi connectivity index (χ4v) is 2.99. The maximum absolute atomic E-state index is 12.4. The number of carbonyl (C=O) groups excluding carboxylic acids is 1. The Labute approximate surface area is 178 Å². The number of nitrogens with zero attached hydrogens (tertiary/aromatic N) is 3. The molecule has 0 aliphatic rings. The SMILES string of the molecule is CC(C)(CC(=O)c1ccc(-c2ccc(Nc3nc4ncccc4o3)cn2)cc1)C(=O)O. The monoisotopic (exact) mass is 416 g/mol. The molecule has 0 amide bonds. The van der Waals surface area contributed by atoms with Crippen LogP contribution in [0.15, 0.2) is 65.3 Å². The molecule has 0 saturated heterocycles. The zero-order valence-corrected chi connectivity index (χ0v) is 17.0. The predicted molar refractivity (Wildman–Crippen MR) is 115 cm³/mol. The number of Topliss-reactive ketones (excluding diaryl/α,β-unsaturated/α-hetero) is 1. The molecule has 8 heteroatoms. The standard InChI is InChI=1S/C23H20N4O4/c1-23(2,21(29)30)12-18(28)15-7-5-14(6-8-15)17-10-9-16(13-25-17)26-22-27-20-19(31-22)4-3-11-24-20/h3-11,13H,12H2,1-2H3,(H,29,30)(H,24,26,27). The molecule has 0 unspecified atom stereocenters. The molecule has 0 aliphatic heterocycles. The fourth-order valence-electron chi connectivity index (χ4n) is 2.99. The fraction of sp³-hybridized carbons (Fsp3) is 0.174. The summed E-state index contributed by atoms with van der Waals surface area (Å²) in [7, 11) is 0. The summed E-state index contributed by atoms with van der Waals surface area (Å²) in [6.45, 7) is 3.08. The number of nitrogens with one attached hydrogen (secondary N) is 1. The van der Waals surface area contributed by atoms with E-state index in [1.54, 1.807) is 62.6 Å². The van der Waals surface area contributed by atoms with E-state index in [-0.39, 0.29) is 12.2 Å². The van der Waals surface area contributed by atoms with E-state index in [9.17, 15) is 14.7 Å². The molecule has 0 fully saturated rings. The summed E-state index contributed by atoms with van der Waals surface area (Å²) in [6, 6.07) is 14.6. The van der Waals surface area contributed by atoms with Crippen molar-refractivity contribution in [3.8, 4) is 11.3 Å². The second-order valence-corrected chi connectivity index (χ2v) is 7.77. The zero-order chi connectivity index (χ0) is 22.0. The van der Waals surface area contributed by atoms with Crippen LogP contribution in [-0.2, 0) is 4.79 Å². The Morgan fingerprint density at radius 3 is 2.48 bits per heavy atom. The van der Waals surface area contributed by atoms with Gasteiger partial charge in [-0.25, -0.2) is 4.98 Å². The lowest BCUT2D eigenvalue weighted by Crippen LogP contribution is -2.26. The third-order valence-corrected chi connectivity index (χ3v) is 4.86. The second kappa shape index (κ2) is 7.98. The number of rotatable bonds is 7. The molecule has 0 bridgehead atoms. The zero-order valence-electron chi connectivity index (χ0n) is 17.0. The van der Waals surface area contributed by atoms with Gasteiger partial charge in [0, 0.05) is 23.7 Å². The number of aliphatic carboxylic acids is 1. The number of hydrogen-bond donors (Lipinski definition) is 2. The number of carboxylic acid groups (broad SMARTS) is 1. The maximum atomic E-state index is 12.4. The van der Waals surface area contributed by atoms with Gasteiger partial charge in [0.2, 0.25) is 5.65 Å². The van der Waals surface area contributed by atoms with Crippen LogP contribution in [0, 0.1) is 5.41 Å². The summed E-state index contributed by atoms with van der Waals surface area (Å²) in [5.74, 6) is -1.20. The minimum absolute atomic E-state index is 0.0638. The predicted octanol–water partition coefficient (Wildman–Crippen LogP) is 4.71. The number of oxazole rings is 1. The third kappa shape index (κ3) is 4.42. The van der Waals surface area contributed by atoms with Gasteiger partial charge < -0.3 is 14.8 Å². The summed E-state index contributed by atoms with van der Waals surface area (Å²) in [4.78, 5) is 36.5. The second-order valence-electron chi connectivity index (χ2n) is 7.77. The van der Waals surface area contributed by atoms with Crippen LogP contribution in [0.5, 0.6) is 0 Å². The number of benzene rings is 1. The Bertz CT molecular complexity index is 1210. The van der Waals surface area contributed by atoms with Gasteiger partial charge in [-0.1, -0.05) is 24.3 Å². The van der Waals surface area contributed by atoms with E-state index in [0.717, 1.165) is 11.3 Å². The highest BCUT2D eigenvalue weighted by Crippen LogP contribution is 2.26. The molecule has 0 radical (unpaired) electrons. The Balaban J connectivity index is 1.45. The molecule has 1 aromatic carbocycles. The first-order valence-corrected chi connectivity index (χ1v) is 9.63. The van der Waals surface area contributed by atoms with Crippen molar-refractivity contribution in [1.29, 1.82) is 0 Å². The lowest BCUT2D eigenvalue weighted by molar-refractivity contribution is -0.146. The first-order chi connectivity index (χ1) is 14.8. The first kappa shape index (κ1) is 20.2. The molecule has 4 aromatic rings. The molecular formula is C23H20N4O4. The van der Waals surface area contributed by atoms with Crippen LogP contribution in [0.3, 0.4) is 0 Å². The van der Waals surface area contributed by atoms with Crippen LogP contribution >= 0.6 is 0 Å². The maximum Gasteiger partial charge on any atom is 0.309 e. The van der Waals surface area contributed by atoms with Crippen molar-refractivity contribution in [1.82, 2.24) is 15.0 Å². The van der Waals surface area contributed by atoms with Crippen molar-refractivity contribution in [2.75, 3.05) is 5.32 Å². The minimum atomic E-state index is -1.11. The summed E-state index contributed by atoms with van der Waals surface area (Å²) in [6.07, 6.45) is 3.24. The normalized spacial score (nSPS) is 11.4. The van der Waals surface area contributed by atoms with E-state index >= 15 is 0 Å². The molecule has 4 rings (SSSR count). The summed E-state index contributed by atoms with van der Waals surface area (Å²) in [5, 5.41) is 12.3. The minimum Gasteiger partial charge on any atom is -0.481 e. The molecule has 0 spiro atoms. The number of carbonyl (C=O) groups is 2. The topological polar surface area (TPSA) is 118 Å². The van der Waals surface area contributed by atoms with Gasteiger partial charge in [0.05, 0.1) is 23.0 Å². The molecule has 0 aliphatic carbocycles. The highest BCUT2D eigenvalue weighted by Gasteiger charge is 2.30. The van der Waals surface area contributed by atoms with Crippen LogP contribution in [0.1, 0.15) is 30.6 Å². The summed E-state index contributed by atoms with van der Waals surface area (Å²) >= 11 is 0. The number of aromatic nitrogens is 3. The number of anilines is 2. The van der Waals surface area contributed by atoms with Gasteiger partial charge in [-0.3, -0.25) is 14.6 Å². The smallest absolute Gasteiger partial charge is 0.309 e. The molecule has 3 heterocycles. The van der Waals surface area contributed by atoms with Crippen molar-refractivity contribution in [3.05, 3.63) is 66.5 Å². The van der Waals surface area contributed by atoms with Gasteiger partial charge in [0.25, 0.3) is 0 Å². The van der Waals surface area contributed by atoms with Crippen LogP contribution < -0.4 is 5.32 Å². The average Bonchev–Trinajstić information content (AvgIpc) is 3.16. The van der Waals surface area contributed by atoms with Crippen molar-refractivity contribution < 1.29 is 19.1 Å². The average molecular weight is 416 g/mol. The van der Waals surface area contributed by atoms with E-state index in [1.807, 2.05) is 12.1 Å². The summed E-state index contributed by atoms with van der Waals surface area (Å²) < 4.78 is 5.59. The Hall–Kier alpha value is -4.07. The highest BCUT2D eigenvalue weighted by molar-refractivity contribution is 5.99. The van der Waals surface area contributed by atoms with Crippen molar-refractivity contribution in [2.24, 2.45) is 5.41 Å². The molecule has 3 aromatic heterocycles. The first-order valence-electron chi connectivity index (χ1n) is 9.63. The van der Waals surface area contributed by atoms with Crippen molar-refractivity contribution >= 4 is 34.7 Å². The number of pyridine rings is 2. The van der Waals surface area contributed by atoms with Gasteiger partial charge in [0.1, 0.15) is 0 Å². The van der Waals surface area contributed by atoms with Crippen molar-refractivity contribution in [3.63, 3.8) is 0 Å². The van der Waals surface area contributed by atoms with Gasteiger partial charge in [-0.05, 0) is 38.1 Å². The largest absolute Gasteiger partial charge is 0.481 e. The lowest BCUT2D eigenvalue weighted by atomic mass is 9.85. The van der Waals surface area contributed by atoms with E-state index in [1.165, 1.54) is 0 Å². The van der Waals surface area contributed by atoms with Gasteiger partial charge in [-0.2, -0.15) is 4.98 Å². The molecule has 2 N–H and O–H groups in total. The van der Waals surface area contributed by atoms with Gasteiger partial charge in [0.15, 0.2) is 11.4 Å². The van der Waals surface area contributed by atoms with E-state index in [2.05, 4.69) is 20.3 Å². The number of ketones is 1. The quantitative estimate of drug-likeness (QED) is 0.416. The molecule has 0 atom stereocenters. The number of fused-ring (bicyclic) bond motifs is 1. The Morgan fingerprint density at radius 1 is 1.06 bits per heavy atom. The van der Waals surface area contributed by atoms with Crippen LogP contribution in [-0.4, -0.2) is 31.8 Å². The third-order valence-electron chi connectivity index (χ3n) is 4.86. The lowest BCUT2D eigenvalue weighted by Gasteiger charge is -2.17. The number of hydrogen-bond acceptors (Lipinski definition) is 7. The van der Waals surface area contributed by atoms with E-state index in [4.69, 9.17) is 4.42 Å². The molecule has 156 valence electrons. The molecule has 31 heavy (non-hydrogen) atoms. The molecular weight excluding hydrogens is 396 g/mol. The highest BCUT2D eigenvalue weighted by atomic mass is 16.4. The van der Waals surface area contributed by atoms with Crippen LogP contribution in [0.25, 0.3) is 22.5 Å². The Kier molecular flexibility index (Phi) is 5.21.